The van der Waals surface area contributed by atoms with Gasteiger partial charge >= 0.3 is 5.97 Å². The van der Waals surface area contributed by atoms with Crippen LogP contribution in [-0.2, 0) is 14.2 Å². The molecule has 16 heteroatoms. The molecule has 5 aliphatic heterocycles. The van der Waals surface area contributed by atoms with Crippen molar-refractivity contribution in [2.45, 2.75) is 84.4 Å². The van der Waals surface area contributed by atoms with Gasteiger partial charge in [0, 0.05) is 0 Å². The summed E-state index contributed by atoms with van der Waals surface area (Å²) in [6.45, 7) is -0.816. The van der Waals surface area contributed by atoms with E-state index in [9.17, 15) is 51.1 Å². The van der Waals surface area contributed by atoms with Crippen LogP contribution in [0.25, 0.3) is 0 Å². The van der Waals surface area contributed by atoms with E-state index in [2.05, 4.69) is 10.3 Å². The summed E-state index contributed by atoms with van der Waals surface area (Å²) in [6, 6.07) is 0. The number of guanidine groups is 1. The first-order valence-electron chi connectivity index (χ1n) is 10.3. The van der Waals surface area contributed by atoms with Gasteiger partial charge in [-0.25, -0.2) is 4.99 Å². The van der Waals surface area contributed by atoms with Crippen molar-refractivity contribution >= 4 is 5.96 Å². The molecule has 188 valence electrons. The molecule has 6 rings (SSSR count). The first-order chi connectivity index (χ1) is 15.3. The minimum Gasteiger partial charge on any atom is -0.394 e. The van der Waals surface area contributed by atoms with E-state index in [0.717, 1.165) is 0 Å². The van der Waals surface area contributed by atoms with E-state index >= 15 is 0 Å². The summed E-state index contributed by atoms with van der Waals surface area (Å²) >= 11 is 0. The number of hydrogen-bond acceptors (Lipinski definition) is 16. The molecule has 4 saturated heterocycles. The number of hydrogen-bond donors (Lipinski definition) is 12. The minimum atomic E-state index is -2.79. The van der Waals surface area contributed by atoms with E-state index in [1.165, 1.54) is 0 Å². The molecule has 1 aliphatic carbocycles. The highest BCUT2D eigenvalue weighted by molar-refractivity contribution is 5.80. The smallest absolute Gasteiger partial charge is 0.311 e. The molecule has 15 atom stereocenters. The van der Waals surface area contributed by atoms with E-state index in [0.29, 0.717) is 0 Å². The number of rotatable bonds is 3. The lowest BCUT2D eigenvalue weighted by Gasteiger charge is -2.72. The first kappa shape index (κ1) is 23.5. The molecule has 5 fully saturated rings. The molecular formula is C17H27N3O13. The second-order valence-corrected chi connectivity index (χ2v) is 9.19. The van der Waals surface area contributed by atoms with E-state index in [-0.39, 0.29) is 5.96 Å². The summed E-state index contributed by atoms with van der Waals surface area (Å²) in [5, 5.41) is 109. The second-order valence-electron chi connectivity index (χ2n) is 9.19. The van der Waals surface area contributed by atoms with Crippen LogP contribution in [0.2, 0.25) is 0 Å². The Bertz CT molecular complexity index is 849. The third-order valence-corrected chi connectivity index (χ3v) is 7.61. The third kappa shape index (κ3) is 2.66. The summed E-state index contributed by atoms with van der Waals surface area (Å²) in [7, 11) is 0. The number of nitrogens with zero attached hydrogens (tertiary/aromatic N) is 1. The SMILES string of the molecule is NC1=N[C@H](O)[C@H]2[C@H]3O[C@]4(O)O[C@@H](C(O)[C@@]2(N1)[C@@H]4O)[C@]3(O)C(O)C1O[C@H](CO)[C@H](O)[C@H](O)[C@H]1O. The van der Waals surface area contributed by atoms with Crippen LogP contribution in [0.15, 0.2) is 4.99 Å². The summed E-state index contributed by atoms with van der Waals surface area (Å²) in [6.07, 6.45) is -20.6. The zero-order valence-electron chi connectivity index (χ0n) is 16.9. The van der Waals surface area contributed by atoms with Gasteiger partial charge in [-0.2, -0.15) is 0 Å². The third-order valence-electron chi connectivity index (χ3n) is 7.61. The number of aliphatic hydroxyl groups is 10. The van der Waals surface area contributed by atoms with Gasteiger partial charge in [0.15, 0.2) is 18.3 Å². The molecule has 1 spiro atoms. The van der Waals surface area contributed by atoms with Crippen LogP contribution < -0.4 is 11.1 Å². The number of aliphatic imine (C=N–C) groups is 1. The zero-order valence-corrected chi connectivity index (χ0v) is 16.9. The quantitative estimate of drug-likeness (QED) is 0.178. The van der Waals surface area contributed by atoms with Gasteiger partial charge in [-0.05, 0) is 0 Å². The molecule has 4 bridgehead atoms. The number of ether oxygens (including phenoxy) is 3. The molecule has 6 aliphatic rings. The van der Waals surface area contributed by atoms with Crippen molar-refractivity contribution in [3.8, 4) is 0 Å². The summed E-state index contributed by atoms with van der Waals surface area (Å²) in [5.74, 6) is -4.70. The fourth-order valence-electron chi connectivity index (χ4n) is 5.99. The summed E-state index contributed by atoms with van der Waals surface area (Å²) in [4.78, 5) is 3.71. The molecule has 3 unspecified atom stereocenters. The fraction of sp³-hybridized carbons (Fsp3) is 0.941. The van der Waals surface area contributed by atoms with Crippen LogP contribution in [0, 0.1) is 5.92 Å². The van der Waals surface area contributed by atoms with E-state index < -0.39 is 96.9 Å². The molecule has 16 nitrogen and oxygen atoms in total. The van der Waals surface area contributed by atoms with Crippen molar-refractivity contribution in [2.75, 3.05) is 6.61 Å². The lowest BCUT2D eigenvalue weighted by molar-refractivity contribution is -0.553. The standard InChI is InChI=1S/C17H27N3O13/c18-14-19-12(27)3-10-16(29,8(25)7-6(24)5(23)4(22)2(1-21)31-7)11-9(26)15(3,20-14)13(28)17(30,32-10)33-11/h2-13,21-30H,1H2,(H3,18,19,20)/t2-,3-,4+,5+,6-,7?,8?,9?,10-,11+,12-,13+,15-,16+,17+/m1/s1. The van der Waals surface area contributed by atoms with E-state index in [1.54, 1.807) is 0 Å². The fourth-order valence-corrected chi connectivity index (χ4v) is 5.99. The van der Waals surface area contributed by atoms with Gasteiger partial charge < -0.3 is 76.3 Å². The van der Waals surface area contributed by atoms with Crippen LogP contribution >= 0.6 is 0 Å². The van der Waals surface area contributed by atoms with Gasteiger partial charge in [-0.3, -0.25) is 0 Å². The van der Waals surface area contributed by atoms with Crippen molar-refractivity contribution in [2.24, 2.45) is 16.6 Å². The van der Waals surface area contributed by atoms with Gasteiger partial charge in [0.2, 0.25) is 0 Å². The molecule has 0 aromatic carbocycles. The van der Waals surface area contributed by atoms with Crippen LogP contribution in [0.5, 0.6) is 0 Å². The van der Waals surface area contributed by atoms with Gasteiger partial charge in [0.05, 0.1) is 12.5 Å². The maximum Gasteiger partial charge on any atom is 0.311 e. The van der Waals surface area contributed by atoms with Crippen molar-refractivity contribution < 1.29 is 65.3 Å². The maximum absolute atomic E-state index is 11.7. The number of nitrogens with one attached hydrogen (secondary N) is 1. The molecule has 0 radical (unpaired) electrons. The second kappa shape index (κ2) is 7.14. The Morgan fingerprint density at radius 1 is 1.00 bits per heavy atom. The van der Waals surface area contributed by atoms with Crippen molar-refractivity contribution in [1.82, 2.24) is 5.32 Å². The zero-order chi connectivity index (χ0) is 24.2. The Kier molecular flexibility index (Phi) is 5.08. The van der Waals surface area contributed by atoms with E-state index in [4.69, 9.17) is 19.9 Å². The highest BCUT2D eigenvalue weighted by atomic mass is 16.9. The Labute approximate surface area is 185 Å². The Hall–Kier alpha value is -1.25. The number of nitrogens with two attached hydrogens (primary N) is 1. The van der Waals surface area contributed by atoms with E-state index in [1.807, 2.05) is 0 Å². The molecule has 5 heterocycles. The normalized spacial score (nSPS) is 60.7. The molecular weight excluding hydrogens is 454 g/mol. The molecule has 0 aromatic heterocycles. The van der Waals surface area contributed by atoms with Crippen molar-refractivity contribution in [1.29, 1.82) is 0 Å². The van der Waals surface area contributed by atoms with Crippen molar-refractivity contribution in [3.05, 3.63) is 0 Å². The van der Waals surface area contributed by atoms with Crippen LogP contribution in [-0.4, -0.2) is 148 Å². The van der Waals surface area contributed by atoms with Gasteiger partial charge in [-0.15, -0.1) is 0 Å². The van der Waals surface area contributed by atoms with Crippen LogP contribution in [0.4, 0.5) is 0 Å². The summed E-state index contributed by atoms with van der Waals surface area (Å²) in [5.41, 5.74) is 0.906. The predicted molar refractivity (Wildman–Crippen MR) is 98.4 cm³/mol. The molecule has 0 amide bonds. The topological polar surface area (TPSA) is 280 Å². The largest absolute Gasteiger partial charge is 0.394 e. The number of aliphatic hydroxyl groups excluding tert-OH is 8. The highest BCUT2D eigenvalue weighted by Crippen LogP contribution is 2.59. The highest BCUT2D eigenvalue weighted by Gasteiger charge is 2.84. The first-order valence-corrected chi connectivity index (χ1v) is 10.3. The average molecular weight is 481 g/mol. The lowest BCUT2D eigenvalue weighted by atomic mass is 9.53. The Morgan fingerprint density at radius 2 is 1.64 bits per heavy atom. The molecule has 13 N–H and O–H groups in total. The summed E-state index contributed by atoms with van der Waals surface area (Å²) < 4.78 is 15.9. The lowest BCUT2D eigenvalue weighted by Crippen LogP contribution is -2.96. The molecule has 33 heavy (non-hydrogen) atoms. The van der Waals surface area contributed by atoms with Crippen LogP contribution in [0.1, 0.15) is 0 Å². The monoisotopic (exact) mass is 481 g/mol. The van der Waals surface area contributed by atoms with Gasteiger partial charge in [-0.1, -0.05) is 0 Å². The Morgan fingerprint density at radius 3 is 2.27 bits per heavy atom. The van der Waals surface area contributed by atoms with Crippen molar-refractivity contribution in [3.63, 3.8) is 0 Å². The predicted octanol–water partition coefficient (Wildman–Crippen LogP) is -8.31. The average Bonchev–Trinajstić information content (AvgIpc) is 2.75. The molecule has 0 aromatic rings. The maximum atomic E-state index is 11.7. The van der Waals surface area contributed by atoms with Gasteiger partial charge in [0.25, 0.3) is 0 Å². The van der Waals surface area contributed by atoms with Crippen LogP contribution in [0.3, 0.4) is 0 Å². The Balaban J connectivity index is 1.59. The van der Waals surface area contributed by atoms with Gasteiger partial charge in [0.1, 0.15) is 66.1 Å². The minimum absolute atomic E-state index is 0.388. The molecule has 1 saturated carbocycles.